The molecule has 8 nitrogen and oxygen atoms in total. The Labute approximate surface area is 159 Å². The summed E-state index contributed by atoms with van der Waals surface area (Å²) in [6.07, 6.45) is 0.311. The molecule has 2 aliphatic rings. The predicted molar refractivity (Wildman–Crippen MR) is 101 cm³/mol. The van der Waals surface area contributed by atoms with E-state index in [0.29, 0.717) is 35.7 Å². The number of anilines is 1. The molecule has 2 fully saturated rings. The number of carbonyl (C=O) groups excluding carboxylic acids is 1. The van der Waals surface area contributed by atoms with E-state index in [2.05, 4.69) is 27.9 Å². The smallest absolute Gasteiger partial charge is 0.339 e. The summed E-state index contributed by atoms with van der Waals surface area (Å²) in [4.78, 5) is 23.0. The third-order valence-corrected chi connectivity index (χ3v) is 5.57. The van der Waals surface area contributed by atoms with Crippen LogP contribution in [-0.2, 0) is 4.74 Å². The van der Waals surface area contributed by atoms with Crippen molar-refractivity contribution in [3.05, 3.63) is 22.9 Å². The lowest BCUT2D eigenvalue weighted by Gasteiger charge is -2.45. The summed E-state index contributed by atoms with van der Waals surface area (Å²) in [5.74, 6) is 0.0235. The number of methoxy groups -OCH3 is 1. The normalized spacial score (nSPS) is 24.5. The number of aliphatic hydroxyl groups excluding tert-OH is 1. The van der Waals surface area contributed by atoms with Gasteiger partial charge in [-0.25, -0.2) is 9.78 Å². The molecule has 0 unspecified atom stereocenters. The minimum Gasteiger partial charge on any atom is -0.465 e. The van der Waals surface area contributed by atoms with Crippen molar-refractivity contribution in [1.29, 1.82) is 5.26 Å². The summed E-state index contributed by atoms with van der Waals surface area (Å²) >= 11 is 0. The zero-order chi connectivity index (χ0) is 19.6. The fraction of sp³-hybridized carbons (Fsp3) is 0.632. The van der Waals surface area contributed by atoms with E-state index in [-0.39, 0.29) is 6.04 Å². The van der Waals surface area contributed by atoms with Gasteiger partial charge in [0, 0.05) is 45.3 Å². The lowest BCUT2D eigenvalue weighted by Crippen LogP contribution is -2.58. The number of nitriles is 1. The van der Waals surface area contributed by atoms with Crippen LogP contribution in [0.25, 0.3) is 0 Å². The van der Waals surface area contributed by atoms with Gasteiger partial charge in [0.25, 0.3) is 0 Å². The molecule has 0 saturated carbocycles. The highest BCUT2D eigenvalue weighted by Crippen LogP contribution is 2.26. The number of likely N-dealkylation sites (N-methyl/N-ethyl adjacent to an activating group) is 1. The number of pyridine rings is 1. The van der Waals surface area contributed by atoms with Crippen LogP contribution in [0.1, 0.15) is 28.0 Å². The summed E-state index contributed by atoms with van der Waals surface area (Å²) in [5, 5.41) is 20.3. The Morgan fingerprint density at radius 1 is 1.33 bits per heavy atom. The van der Waals surface area contributed by atoms with Gasteiger partial charge in [-0.3, -0.25) is 4.90 Å². The van der Waals surface area contributed by atoms with Gasteiger partial charge < -0.3 is 19.6 Å². The van der Waals surface area contributed by atoms with Gasteiger partial charge in [-0.15, -0.1) is 0 Å². The third-order valence-electron chi connectivity index (χ3n) is 5.57. The van der Waals surface area contributed by atoms with E-state index in [1.54, 1.807) is 6.92 Å². The highest BCUT2D eigenvalue weighted by molar-refractivity contribution is 5.91. The van der Waals surface area contributed by atoms with Crippen LogP contribution < -0.4 is 4.90 Å². The zero-order valence-corrected chi connectivity index (χ0v) is 16.2. The Bertz CT molecular complexity index is 740. The minimum atomic E-state index is -0.504. The standard InChI is InChI=1S/C19H27N5O3/c1-13-15(19(26)27-3)10-14(11-20)18(21-13)24-5-4-16(17(25)12-24)23-8-6-22(2)7-9-23/h10,16-17,25H,4-9,12H2,1-3H3/t16-,17-/m1/s1. The maximum atomic E-state index is 11.8. The molecule has 3 heterocycles. The number of aliphatic hydroxyl groups is 1. The fourth-order valence-electron chi connectivity index (χ4n) is 3.92. The maximum absolute atomic E-state index is 11.8. The van der Waals surface area contributed by atoms with Gasteiger partial charge in [0.05, 0.1) is 30.0 Å². The molecule has 2 saturated heterocycles. The van der Waals surface area contributed by atoms with Crippen LogP contribution in [0.5, 0.6) is 0 Å². The Hall–Kier alpha value is -2.21. The first-order chi connectivity index (χ1) is 12.9. The second-order valence-electron chi connectivity index (χ2n) is 7.30. The third kappa shape index (κ3) is 4.05. The molecule has 27 heavy (non-hydrogen) atoms. The van der Waals surface area contributed by atoms with Crippen molar-refractivity contribution < 1.29 is 14.6 Å². The molecule has 3 rings (SSSR count). The predicted octanol–water partition coefficient (Wildman–Crippen LogP) is 0.235. The monoisotopic (exact) mass is 373 g/mol. The zero-order valence-electron chi connectivity index (χ0n) is 16.2. The average Bonchev–Trinajstić information content (AvgIpc) is 2.68. The van der Waals surface area contributed by atoms with Crippen LogP contribution in [-0.4, -0.2) is 91.4 Å². The Morgan fingerprint density at radius 3 is 2.63 bits per heavy atom. The molecule has 146 valence electrons. The van der Waals surface area contributed by atoms with Crippen molar-refractivity contribution in [2.45, 2.75) is 25.5 Å². The summed E-state index contributed by atoms with van der Waals surface area (Å²) < 4.78 is 4.76. The number of carbonyl (C=O) groups is 1. The molecule has 1 aromatic heterocycles. The van der Waals surface area contributed by atoms with E-state index in [4.69, 9.17) is 4.74 Å². The molecule has 0 aromatic carbocycles. The van der Waals surface area contributed by atoms with Crippen LogP contribution in [0.3, 0.4) is 0 Å². The SMILES string of the molecule is COC(=O)c1cc(C#N)c(N2CC[C@@H](N3CCN(C)CC3)[C@H](O)C2)nc1C. The van der Waals surface area contributed by atoms with Crippen LogP contribution in [0.2, 0.25) is 0 Å². The molecule has 0 radical (unpaired) electrons. The number of hydrogen-bond acceptors (Lipinski definition) is 8. The summed E-state index contributed by atoms with van der Waals surface area (Å²) in [7, 11) is 3.42. The molecule has 1 N–H and O–H groups in total. The topological polar surface area (TPSA) is 92.9 Å². The molecule has 0 bridgehead atoms. The van der Waals surface area contributed by atoms with Crippen molar-refractivity contribution >= 4 is 11.8 Å². The maximum Gasteiger partial charge on any atom is 0.339 e. The highest BCUT2D eigenvalue weighted by atomic mass is 16.5. The van der Waals surface area contributed by atoms with E-state index >= 15 is 0 Å². The van der Waals surface area contributed by atoms with Gasteiger partial charge in [-0.1, -0.05) is 0 Å². The second kappa shape index (κ2) is 8.21. The molecule has 0 spiro atoms. The molecule has 2 atom stereocenters. The second-order valence-corrected chi connectivity index (χ2v) is 7.30. The van der Waals surface area contributed by atoms with Crippen LogP contribution >= 0.6 is 0 Å². The van der Waals surface area contributed by atoms with Gasteiger partial charge in [0.15, 0.2) is 0 Å². The van der Waals surface area contributed by atoms with Crippen LogP contribution in [0.15, 0.2) is 6.07 Å². The molecular weight excluding hydrogens is 346 g/mol. The van der Waals surface area contributed by atoms with E-state index in [0.717, 1.165) is 32.6 Å². The van der Waals surface area contributed by atoms with Gasteiger partial charge >= 0.3 is 5.97 Å². The Balaban J connectivity index is 1.76. The number of aryl methyl sites for hydroxylation is 1. The number of esters is 1. The molecule has 1 aromatic rings. The quantitative estimate of drug-likeness (QED) is 0.753. The van der Waals surface area contributed by atoms with Gasteiger partial charge in [0.2, 0.25) is 0 Å². The number of β-amino-alcohol motifs (C(OH)–C–C–N with tert-alkyl or cyclic N) is 1. The molecule has 2 aliphatic heterocycles. The number of rotatable bonds is 3. The molecule has 8 heteroatoms. The summed E-state index contributed by atoms with van der Waals surface area (Å²) in [6, 6.07) is 3.79. The summed E-state index contributed by atoms with van der Waals surface area (Å²) in [6.45, 7) is 6.83. The Kier molecular flexibility index (Phi) is 5.95. The van der Waals surface area contributed by atoms with Crippen molar-refractivity contribution in [3.63, 3.8) is 0 Å². The fourth-order valence-corrected chi connectivity index (χ4v) is 3.92. The van der Waals surface area contributed by atoms with E-state index < -0.39 is 12.1 Å². The number of aromatic nitrogens is 1. The van der Waals surface area contributed by atoms with Crippen molar-refractivity contribution in [1.82, 2.24) is 14.8 Å². The van der Waals surface area contributed by atoms with Gasteiger partial charge in [-0.05, 0) is 26.5 Å². The largest absolute Gasteiger partial charge is 0.465 e. The average molecular weight is 373 g/mol. The molecule has 0 aliphatic carbocycles. The number of piperidine rings is 1. The van der Waals surface area contributed by atoms with E-state index in [9.17, 15) is 15.2 Å². The first-order valence-electron chi connectivity index (χ1n) is 9.30. The number of nitrogens with zero attached hydrogens (tertiary/aromatic N) is 5. The van der Waals surface area contributed by atoms with Crippen LogP contribution in [0.4, 0.5) is 5.82 Å². The highest BCUT2D eigenvalue weighted by Gasteiger charge is 2.34. The number of ether oxygens (including phenoxy) is 1. The first kappa shape index (κ1) is 19.5. The van der Waals surface area contributed by atoms with Crippen molar-refractivity contribution in [3.8, 4) is 6.07 Å². The molecule has 0 amide bonds. The van der Waals surface area contributed by atoms with E-state index in [1.165, 1.54) is 13.2 Å². The van der Waals surface area contributed by atoms with Crippen molar-refractivity contribution in [2.75, 3.05) is 58.3 Å². The van der Waals surface area contributed by atoms with E-state index in [1.807, 2.05) is 4.90 Å². The van der Waals surface area contributed by atoms with Crippen LogP contribution in [0, 0.1) is 18.3 Å². The lowest BCUT2D eigenvalue weighted by atomic mass is 9.98. The van der Waals surface area contributed by atoms with Crippen molar-refractivity contribution in [2.24, 2.45) is 0 Å². The van der Waals surface area contributed by atoms with Gasteiger partial charge in [0.1, 0.15) is 11.9 Å². The minimum absolute atomic E-state index is 0.135. The number of hydrogen-bond donors (Lipinski definition) is 1. The molecular formula is C19H27N5O3. The first-order valence-corrected chi connectivity index (χ1v) is 9.30. The summed E-state index contributed by atoms with van der Waals surface area (Å²) in [5.41, 5.74) is 1.14. The Morgan fingerprint density at radius 2 is 2.04 bits per heavy atom. The van der Waals surface area contributed by atoms with Gasteiger partial charge in [-0.2, -0.15) is 5.26 Å². The lowest BCUT2D eigenvalue weighted by molar-refractivity contribution is 0.0138. The number of piperazine rings is 1.